The summed E-state index contributed by atoms with van der Waals surface area (Å²) in [7, 11) is 0. The van der Waals surface area contributed by atoms with Crippen LogP contribution in [0.4, 0.5) is 0 Å². The molecular weight excluding hydrogens is 246 g/mol. The third-order valence-corrected chi connectivity index (χ3v) is 3.24. The predicted molar refractivity (Wildman–Crippen MR) is 70.5 cm³/mol. The third kappa shape index (κ3) is 3.54. The average molecular weight is 270 g/mol. The number of likely N-dealkylation sites (tertiary alicyclic amines) is 1. The van der Waals surface area contributed by atoms with Gasteiger partial charge in [-0.15, -0.1) is 0 Å². The Kier molecular flexibility index (Phi) is 5.08. The van der Waals surface area contributed by atoms with Crippen LogP contribution in [0.5, 0.6) is 0 Å². The molecule has 4 N–H and O–H groups in total. The lowest BCUT2D eigenvalue weighted by Gasteiger charge is -2.42. The van der Waals surface area contributed by atoms with Crippen LogP contribution < -0.4 is 11.3 Å². The molecule has 6 nitrogen and oxygen atoms in total. The minimum atomic E-state index is -0.467. The maximum absolute atomic E-state index is 12.4. The first kappa shape index (κ1) is 15.7. The Labute approximate surface area is 113 Å². The van der Waals surface area contributed by atoms with Crippen molar-refractivity contribution < 1.29 is 20.2 Å². The summed E-state index contributed by atoms with van der Waals surface area (Å²) < 4.78 is 4.99. The van der Waals surface area contributed by atoms with E-state index in [0.717, 1.165) is 0 Å². The van der Waals surface area contributed by atoms with E-state index in [2.05, 4.69) is 17.8 Å². The van der Waals surface area contributed by atoms with Gasteiger partial charge in [0.1, 0.15) is 18.7 Å². The van der Waals surface area contributed by atoms with Crippen molar-refractivity contribution >= 4 is 11.9 Å². The minimum Gasteiger partial charge on any atom is -0.460 e. The molecule has 0 bridgehead atoms. The number of amides is 1. The molecule has 19 heavy (non-hydrogen) atoms. The molecule has 1 fully saturated rings. The molecule has 0 saturated carbocycles. The van der Waals surface area contributed by atoms with E-state index in [1.165, 1.54) is 6.08 Å². The molecule has 2 unspecified atom stereocenters. The number of ether oxygens (including phenoxy) is 1. The Morgan fingerprint density at radius 2 is 2.21 bits per heavy atom. The maximum atomic E-state index is 12.4. The van der Waals surface area contributed by atoms with Crippen LogP contribution in [-0.2, 0) is 14.3 Å². The molecule has 0 aromatic rings. The van der Waals surface area contributed by atoms with Gasteiger partial charge in [0.25, 0.3) is 0 Å². The topological polar surface area (TPSA) is 86.3 Å². The zero-order valence-corrected chi connectivity index (χ0v) is 11.9. The SMILES string of the molecule is C=CCOC(=O)C1CCN1C(=O)C(N[NH3+])C(C)(C)C. The molecule has 1 amide bonds. The van der Waals surface area contributed by atoms with Crippen LogP contribution in [0.1, 0.15) is 27.2 Å². The first-order valence-electron chi connectivity index (χ1n) is 6.43. The van der Waals surface area contributed by atoms with Crippen molar-refractivity contribution in [1.29, 1.82) is 0 Å². The molecule has 6 heteroatoms. The van der Waals surface area contributed by atoms with Crippen molar-refractivity contribution in [2.24, 2.45) is 5.41 Å². The molecule has 1 heterocycles. The van der Waals surface area contributed by atoms with Gasteiger partial charge in [-0.1, -0.05) is 33.4 Å². The number of nitrogens with one attached hydrogen (secondary N) is 1. The van der Waals surface area contributed by atoms with Gasteiger partial charge in [-0.05, 0) is 11.8 Å². The van der Waals surface area contributed by atoms with Gasteiger partial charge in [-0.25, -0.2) is 4.79 Å². The smallest absolute Gasteiger partial charge is 0.329 e. The van der Waals surface area contributed by atoms with E-state index in [1.54, 1.807) is 4.90 Å². The number of hydrogen-bond donors (Lipinski definition) is 2. The van der Waals surface area contributed by atoms with Crippen molar-refractivity contribution in [2.45, 2.75) is 39.3 Å². The Morgan fingerprint density at radius 3 is 2.58 bits per heavy atom. The summed E-state index contributed by atoms with van der Waals surface area (Å²) in [5.74, 6) is 3.14. The Hall–Kier alpha value is -1.40. The van der Waals surface area contributed by atoms with E-state index in [4.69, 9.17) is 4.74 Å². The highest BCUT2D eigenvalue weighted by Gasteiger charge is 2.44. The summed E-state index contributed by atoms with van der Waals surface area (Å²) >= 11 is 0. The summed E-state index contributed by atoms with van der Waals surface area (Å²) in [4.78, 5) is 25.7. The highest BCUT2D eigenvalue weighted by Crippen LogP contribution is 2.26. The molecule has 1 rings (SSSR count). The summed E-state index contributed by atoms with van der Waals surface area (Å²) in [5, 5.41) is 0. The monoisotopic (exact) mass is 270 g/mol. The molecule has 108 valence electrons. The molecule has 1 saturated heterocycles. The first-order chi connectivity index (χ1) is 8.82. The second kappa shape index (κ2) is 6.16. The van der Waals surface area contributed by atoms with Crippen LogP contribution in [0.25, 0.3) is 0 Å². The summed E-state index contributed by atoms with van der Waals surface area (Å²) in [5.41, 5.74) is 2.52. The van der Waals surface area contributed by atoms with Gasteiger partial charge in [0.05, 0.1) is 0 Å². The fourth-order valence-electron chi connectivity index (χ4n) is 2.06. The van der Waals surface area contributed by atoms with Gasteiger partial charge in [-0.3, -0.25) is 10.6 Å². The van der Waals surface area contributed by atoms with Crippen LogP contribution in [0, 0.1) is 5.41 Å². The van der Waals surface area contributed by atoms with Crippen molar-refractivity contribution in [3.63, 3.8) is 0 Å². The highest BCUT2D eigenvalue weighted by molar-refractivity contribution is 5.89. The molecule has 0 aliphatic carbocycles. The number of carbonyl (C=O) groups excluding carboxylic acids is 2. The molecule has 0 aromatic carbocycles. The minimum absolute atomic E-state index is 0.102. The van der Waals surface area contributed by atoms with E-state index in [9.17, 15) is 9.59 Å². The zero-order valence-electron chi connectivity index (χ0n) is 11.9. The first-order valence-corrected chi connectivity index (χ1v) is 6.43. The predicted octanol–water partition coefficient (Wildman–Crippen LogP) is -0.522. The molecule has 0 spiro atoms. The number of hydrogen-bond acceptors (Lipinski definition) is 4. The van der Waals surface area contributed by atoms with Gasteiger partial charge >= 0.3 is 5.97 Å². The zero-order chi connectivity index (χ0) is 14.6. The molecule has 1 aliphatic heterocycles. The Bertz CT molecular complexity index is 363. The van der Waals surface area contributed by atoms with E-state index >= 15 is 0 Å². The molecule has 2 atom stereocenters. The van der Waals surface area contributed by atoms with Crippen LogP contribution in [0.2, 0.25) is 0 Å². The number of carbonyl (C=O) groups is 2. The van der Waals surface area contributed by atoms with Crippen molar-refractivity contribution in [3.05, 3.63) is 12.7 Å². The van der Waals surface area contributed by atoms with Gasteiger partial charge in [-0.2, -0.15) is 5.43 Å². The van der Waals surface area contributed by atoms with E-state index in [0.29, 0.717) is 13.0 Å². The van der Waals surface area contributed by atoms with Crippen LogP contribution >= 0.6 is 0 Å². The van der Waals surface area contributed by atoms with Crippen molar-refractivity contribution in [3.8, 4) is 0 Å². The number of esters is 1. The van der Waals surface area contributed by atoms with Crippen LogP contribution in [0.15, 0.2) is 12.7 Å². The van der Waals surface area contributed by atoms with Gasteiger partial charge in [0.15, 0.2) is 0 Å². The normalized spacial score (nSPS) is 20.4. The van der Waals surface area contributed by atoms with Crippen molar-refractivity contribution in [1.82, 2.24) is 10.3 Å². The van der Waals surface area contributed by atoms with Gasteiger partial charge < -0.3 is 9.64 Å². The van der Waals surface area contributed by atoms with E-state index < -0.39 is 12.1 Å². The number of quaternary nitrogens is 1. The van der Waals surface area contributed by atoms with Crippen molar-refractivity contribution in [2.75, 3.05) is 13.2 Å². The third-order valence-electron chi connectivity index (χ3n) is 3.24. The summed E-state index contributed by atoms with van der Waals surface area (Å²) in [6, 6.07) is -0.881. The quantitative estimate of drug-likeness (QED) is 0.400. The summed E-state index contributed by atoms with van der Waals surface area (Å²) in [6.07, 6.45) is 2.16. The van der Waals surface area contributed by atoms with Gasteiger partial charge in [0.2, 0.25) is 5.91 Å². The fourth-order valence-corrected chi connectivity index (χ4v) is 2.06. The maximum Gasteiger partial charge on any atom is 0.329 e. The Morgan fingerprint density at radius 1 is 1.58 bits per heavy atom. The van der Waals surface area contributed by atoms with E-state index in [-0.39, 0.29) is 23.9 Å². The molecule has 1 aliphatic rings. The second-order valence-corrected chi connectivity index (χ2v) is 5.76. The number of nitrogens with zero attached hydrogens (tertiary/aromatic N) is 1. The molecular formula is C13H24N3O3+. The fraction of sp³-hybridized carbons (Fsp3) is 0.692. The summed E-state index contributed by atoms with van der Waals surface area (Å²) in [6.45, 7) is 10.1. The number of rotatable bonds is 5. The van der Waals surface area contributed by atoms with Gasteiger partial charge in [0, 0.05) is 6.54 Å². The second-order valence-electron chi connectivity index (χ2n) is 5.76. The standard InChI is InChI=1S/C13H23N3O3/c1-5-8-19-12(18)9-6-7-16(9)11(17)10(15-14)13(2,3)4/h5,9-10,15H,1,6-8,14H2,2-4H3/p+1. The van der Waals surface area contributed by atoms with Crippen LogP contribution in [0.3, 0.4) is 0 Å². The molecule has 0 aromatic heterocycles. The van der Waals surface area contributed by atoms with E-state index in [1.807, 2.05) is 20.8 Å². The highest BCUT2D eigenvalue weighted by atomic mass is 16.5. The molecule has 0 radical (unpaired) electrons. The van der Waals surface area contributed by atoms with Crippen LogP contribution in [-0.4, -0.2) is 42.0 Å². The lowest BCUT2D eigenvalue weighted by molar-refractivity contribution is -0.453. The lowest BCUT2D eigenvalue weighted by atomic mass is 9.85. The Balaban J connectivity index is 2.67. The lowest BCUT2D eigenvalue weighted by Crippen LogP contribution is -2.75. The average Bonchev–Trinajstić information content (AvgIpc) is 2.23. The largest absolute Gasteiger partial charge is 0.460 e.